The Bertz CT molecular complexity index is 1090. The van der Waals surface area contributed by atoms with E-state index < -0.39 is 11.7 Å². The van der Waals surface area contributed by atoms with Crippen LogP contribution in [0.15, 0.2) is 54.6 Å². The van der Waals surface area contributed by atoms with Crippen molar-refractivity contribution in [3.8, 4) is 16.9 Å². The molecule has 0 spiro atoms. The number of carbonyl (C=O) groups excluding carboxylic acids is 1. The molecule has 0 bridgehead atoms. The zero-order chi connectivity index (χ0) is 22.2. The number of amides is 1. The summed E-state index contributed by atoms with van der Waals surface area (Å²) in [4.78, 5) is 11.5. The molecule has 0 aliphatic carbocycles. The molecular weight excluding hydrogens is 405 g/mol. The van der Waals surface area contributed by atoms with Crippen molar-refractivity contribution >= 4 is 11.7 Å². The summed E-state index contributed by atoms with van der Waals surface area (Å²) in [5, 5.41) is 10.8. The quantitative estimate of drug-likeness (QED) is 0.614. The van der Waals surface area contributed by atoms with E-state index in [2.05, 4.69) is 15.7 Å². The minimum absolute atomic E-state index is 0.0217. The number of halogens is 3. The number of alkyl halides is 3. The smallest absolute Gasteiger partial charge is 0.366 e. The number of nitrogens with one attached hydrogen (secondary N) is 2. The summed E-state index contributed by atoms with van der Waals surface area (Å²) in [7, 11) is 0. The Morgan fingerprint density at radius 3 is 2.55 bits per heavy atom. The van der Waals surface area contributed by atoms with E-state index in [1.54, 1.807) is 16.8 Å². The van der Waals surface area contributed by atoms with Crippen LogP contribution in [0.2, 0.25) is 0 Å². The van der Waals surface area contributed by atoms with Crippen LogP contribution in [0.25, 0.3) is 16.9 Å². The third-order valence-electron chi connectivity index (χ3n) is 5.57. The largest absolute Gasteiger partial charge is 0.416 e. The van der Waals surface area contributed by atoms with Crippen LogP contribution in [0.4, 0.5) is 19.0 Å². The van der Waals surface area contributed by atoms with E-state index in [4.69, 9.17) is 0 Å². The van der Waals surface area contributed by atoms with Gasteiger partial charge in [-0.25, -0.2) is 4.68 Å². The minimum atomic E-state index is -4.43. The first-order chi connectivity index (χ1) is 14.7. The number of nitrogens with zero attached hydrogens (tertiary/aromatic N) is 2. The van der Waals surface area contributed by atoms with Gasteiger partial charge in [-0.15, -0.1) is 5.10 Å². The van der Waals surface area contributed by atoms with Crippen molar-refractivity contribution in [3.63, 3.8) is 0 Å². The highest BCUT2D eigenvalue weighted by atomic mass is 19.4. The van der Waals surface area contributed by atoms with Crippen molar-refractivity contribution in [3.05, 3.63) is 65.7 Å². The molecule has 0 radical (unpaired) electrons. The predicted molar refractivity (Wildman–Crippen MR) is 113 cm³/mol. The number of carbonyl (C=O) groups is 1. The summed E-state index contributed by atoms with van der Waals surface area (Å²) in [6, 6.07) is 14.6. The van der Waals surface area contributed by atoms with Crippen LogP contribution in [0.3, 0.4) is 0 Å². The van der Waals surface area contributed by atoms with E-state index in [0.29, 0.717) is 30.0 Å². The first-order valence-electron chi connectivity index (χ1n) is 10.1. The zero-order valence-corrected chi connectivity index (χ0v) is 17.2. The molecule has 0 saturated carbocycles. The van der Waals surface area contributed by atoms with Gasteiger partial charge in [-0.3, -0.25) is 4.79 Å². The Balaban J connectivity index is 1.72. The average molecular weight is 428 g/mol. The standard InChI is InChI=1S/C23H23F3N4O/c1-14-6-8-19(9-7-14)30-20(16-4-3-5-18(10-16)23(24,25)26)12-21(29-30)28-15(2)17-11-22(31)27-13-17/h3-10,12,15,17H,11,13H2,1-2H3,(H,27,31)(H,28,29)/t15?,17-/m1/s1. The fourth-order valence-electron chi connectivity index (χ4n) is 3.73. The number of benzene rings is 2. The molecule has 1 aromatic heterocycles. The lowest BCUT2D eigenvalue weighted by molar-refractivity contribution is -0.137. The van der Waals surface area contributed by atoms with E-state index in [1.165, 1.54) is 6.07 Å². The molecule has 8 heteroatoms. The van der Waals surface area contributed by atoms with Gasteiger partial charge in [0.2, 0.25) is 5.91 Å². The Hall–Kier alpha value is -3.29. The molecule has 31 heavy (non-hydrogen) atoms. The van der Waals surface area contributed by atoms with Gasteiger partial charge in [0.1, 0.15) is 5.82 Å². The Kier molecular flexibility index (Phi) is 5.47. The van der Waals surface area contributed by atoms with Crippen LogP contribution in [-0.2, 0) is 11.0 Å². The van der Waals surface area contributed by atoms with Gasteiger partial charge in [-0.1, -0.05) is 29.8 Å². The van der Waals surface area contributed by atoms with Crippen LogP contribution in [0, 0.1) is 12.8 Å². The molecule has 3 aromatic rings. The molecule has 1 aliphatic rings. The molecule has 1 saturated heterocycles. The molecule has 1 amide bonds. The molecule has 5 nitrogen and oxygen atoms in total. The van der Waals surface area contributed by atoms with Gasteiger partial charge >= 0.3 is 6.18 Å². The lowest BCUT2D eigenvalue weighted by atomic mass is 10.0. The summed E-state index contributed by atoms with van der Waals surface area (Å²) >= 11 is 0. The van der Waals surface area contributed by atoms with Crippen molar-refractivity contribution in [2.45, 2.75) is 32.5 Å². The summed E-state index contributed by atoms with van der Waals surface area (Å²) in [6.45, 7) is 4.53. The molecule has 4 rings (SSSR count). The van der Waals surface area contributed by atoms with Crippen LogP contribution in [0.5, 0.6) is 0 Å². The first-order valence-corrected chi connectivity index (χ1v) is 10.1. The van der Waals surface area contributed by atoms with Gasteiger partial charge in [-0.05, 0) is 38.1 Å². The summed E-state index contributed by atoms with van der Waals surface area (Å²) < 4.78 is 41.4. The highest BCUT2D eigenvalue weighted by molar-refractivity contribution is 5.78. The van der Waals surface area contributed by atoms with Gasteiger partial charge in [0.05, 0.1) is 16.9 Å². The summed E-state index contributed by atoms with van der Waals surface area (Å²) in [6.07, 6.45) is -3.99. The van der Waals surface area contributed by atoms with Crippen molar-refractivity contribution in [1.82, 2.24) is 15.1 Å². The van der Waals surface area contributed by atoms with Gasteiger partial charge in [-0.2, -0.15) is 13.2 Å². The maximum Gasteiger partial charge on any atom is 0.416 e. The minimum Gasteiger partial charge on any atom is -0.366 e. The fourth-order valence-corrected chi connectivity index (χ4v) is 3.73. The monoisotopic (exact) mass is 428 g/mol. The number of aryl methyl sites for hydroxylation is 1. The molecule has 162 valence electrons. The molecule has 1 fully saturated rings. The molecule has 2 atom stereocenters. The van der Waals surface area contributed by atoms with Gasteiger partial charge in [0, 0.05) is 36.6 Å². The number of rotatable bonds is 5. The zero-order valence-electron chi connectivity index (χ0n) is 17.2. The molecule has 2 N–H and O–H groups in total. The summed E-state index contributed by atoms with van der Waals surface area (Å²) in [5.74, 6) is 0.683. The van der Waals surface area contributed by atoms with E-state index in [9.17, 15) is 18.0 Å². The Morgan fingerprint density at radius 1 is 1.16 bits per heavy atom. The second-order valence-corrected chi connectivity index (χ2v) is 7.94. The van der Waals surface area contributed by atoms with Gasteiger partial charge in [0.15, 0.2) is 0 Å². The van der Waals surface area contributed by atoms with Gasteiger partial charge < -0.3 is 10.6 Å². The third-order valence-corrected chi connectivity index (χ3v) is 5.57. The second kappa shape index (κ2) is 8.09. The Morgan fingerprint density at radius 2 is 1.90 bits per heavy atom. The lowest BCUT2D eigenvalue weighted by Crippen LogP contribution is -2.27. The molecular formula is C23H23F3N4O. The van der Waals surface area contributed by atoms with E-state index in [1.807, 2.05) is 38.1 Å². The third kappa shape index (κ3) is 4.57. The topological polar surface area (TPSA) is 59.0 Å². The SMILES string of the molecule is Cc1ccc(-n2nc(NC(C)[C@H]3CNC(=O)C3)cc2-c2cccc(C(F)(F)F)c2)cc1. The van der Waals surface area contributed by atoms with Crippen LogP contribution >= 0.6 is 0 Å². The van der Waals surface area contributed by atoms with E-state index >= 15 is 0 Å². The molecule has 2 aromatic carbocycles. The fraction of sp³-hybridized carbons (Fsp3) is 0.304. The van der Waals surface area contributed by atoms with Crippen molar-refractivity contribution in [2.24, 2.45) is 5.92 Å². The predicted octanol–water partition coefficient (Wildman–Crippen LogP) is 4.80. The van der Waals surface area contributed by atoms with Crippen LogP contribution in [-0.4, -0.2) is 28.3 Å². The van der Waals surface area contributed by atoms with Gasteiger partial charge in [0.25, 0.3) is 0 Å². The van der Waals surface area contributed by atoms with E-state index in [-0.39, 0.29) is 17.9 Å². The Labute approximate surface area is 178 Å². The summed E-state index contributed by atoms with van der Waals surface area (Å²) in [5.41, 5.74) is 2.07. The highest BCUT2D eigenvalue weighted by Gasteiger charge is 2.31. The maximum absolute atomic E-state index is 13.3. The lowest BCUT2D eigenvalue weighted by Gasteiger charge is -2.18. The number of hydrogen-bond acceptors (Lipinski definition) is 3. The van der Waals surface area contributed by atoms with Crippen molar-refractivity contribution < 1.29 is 18.0 Å². The maximum atomic E-state index is 13.3. The normalized spacial score (nSPS) is 17.5. The highest BCUT2D eigenvalue weighted by Crippen LogP contribution is 2.34. The molecule has 1 aliphatic heterocycles. The van der Waals surface area contributed by atoms with Crippen molar-refractivity contribution in [1.29, 1.82) is 0 Å². The second-order valence-electron chi connectivity index (χ2n) is 7.94. The molecule has 1 unspecified atom stereocenters. The number of hydrogen-bond donors (Lipinski definition) is 2. The number of aromatic nitrogens is 2. The van der Waals surface area contributed by atoms with Crippen LogP contribution in [0.1, 0.15) is 24.5 Å². The first kappa shape index (κ1) is 21.0. The average Bonchev–Trinajstić information content (AvgIpc) is 3.34. The van der Waals surface area contributed by atoms with Crippen LogP contribution < -0.4 is 10.6 Å². The van der Waals surface area contributed by atoms with E-state index in [0.717, 1.165) is 23.4 Å². The number of anilines is 1. The molecule has 2 heterocycles. The van der Waals surface area contributed by atoms with Crippen molar-refractivity contribution in [2.75, 3.05) is 11.9 Å².